The highest BCUT2D eigenvalue weighted by Gasteiger charge is 2.18. The van der Waals surface area contributed by atoms with E-state index in [0.717, 1.165) is 18.2 Å². The van der Waals surface area contributed by atoms with E-state index in [1.165, 1.54) is 7.11 Å². The van der Waals surface area contributed by atoms with Crippen molar-refractivity contribution in [3.63, 3.8) is 0 Å². The van der Waals surface area contributed by atoms with Gasteiger partial charge in [0, 0.05) is 13.2 Å². The standard InChI is InChI=1S/C10H13ClFNO3S/c1-7(6-16-2)13-17(14,15)8-3-4-10(12)9(11)5-8/h3-5,7,13H,6H2,1-2H3. The average Bonchev–Trinajstić information content (AvgIpc) is 2.21. The van der Waals surface area contributed by atoms with Gasteiger partial charge in [0.1, 0.15) is 5.82 Å². The van der Waals surface area contributed by atoms with Gasteiger partial charge in [-0.2, -0.15) is 0 Å². The van der Waals surface area contributed by atoms with Crippen LogP contribution in [0.5, 0.6) is 0 Å². The Balaban J connectivity index is 2.93. The maximum absolute atomic E-state index is 12.9. The second kappa shape index (κ2) is 5.77. The summed E-state index contributed by atoms with van der Waals surface area (Å²) in [6.07, 6.45) is 0. The van der Waals surface area contributed by atoms with E-state index in [1.54, 1.807) is 6.92 Å². The summed E-state index contributed by atoms with van der Waals surface area (Å²) in [7, 11) is -2.23. The van der Waals surface area contributed by atoms with E-state index in [1.807, 2.05) is 0 Å². The average molecular weight is 282 g/mol. The first-order valence-corrected chi connectivity index (χ1v) is 6.69. The van der Waals surface area contributed by atoms with Crippen molar-refractivity contribution >= 4 is 21.6 Å². The van der Waals surface area contributed by atoms with Crippen molar-refractivity contribution in [3.8, 4) is 0 Å². The van der Waals surface area contributed by atoms with Gasteiger partial charge in [0.05, 0.1) is 16.5 Å². The minimum atomic E-state index is -3.70. The lowest BCUT2D eigenvalue weighted by Gasteiger charge is -2.13. The van der Waals surface area contributed by atoms with E-state index in [-0.39, 0.29) is 22.6 Å². The number of halogens is 2. The molecule has 0 fully saturated rings. The summed E-state index contributed by atoms with van der Waals surface area (Å²) in [6.45, 7) is 1.90. The van der Waals surface area contributed by atoms with Gasteiger partial charge in [-0.15, -0.1) is 0 Å². The molecule has 96 valence electrons. The smallest absolute Gasteiger partial charge is 0.240 e. The van der Waals surface area contributed by atoms with Crippen molar-refractivity contribution in [3.05, 3.63) is 29.0 Å². The van der Waals surface area contributed by atoms with Crippen molar-refractivity contribution in [1.82, 2.24) is 4.72 Å². The Morgan fingerprint density at radius 2 is 2.18 bits per heavy atom. The molecule has 1 aromatic carbocycles. The molecule has 0 spiro atoms. The van der Waals surface area contributed by atoms with Crippen LogP contribution >= 0.6 is 11.6 Å². The minimum Gasteiger partial charge on any atom is -0.383 e. The van der Waals surface area contributed by atoms with E-state index in [0.29, 0.717) is 0 Å². The van der Waals surface area contributed by atoms with E-state index in [9.17, 15) is 12.8 Å². The second-order valence-corrected chi connectivity index (χ2v) is 5.67. The number of ether oxygens (including phenoxy) is 1. The fourth-order valence-electron chi connectivity index (χ4n) is 1.26. The summed E-state index contributed by atoms with van der Waals surface area (Å²) in [5.41, 5.74) is 0. The van der Waals surface area contributed by atoms with E-state index in [2.05, 4.69) is 4.72 Å². The van der Waals surface area contributed by atoms with Crippen LogP contribution in [0.15, 0.2) is 23.1 Å². The maximum Gasteiger partial charge on any atom is 0.240 e. The molecule has 1 aromatic rings. The lowest BCUT2D eigenvalue weighted by atomic mass is 10.3. The Kier molecular flexibility index (Phi) is 4.88. The molecule has 1 atom stereocenters. The minimum absolute atomic E-state index is 0.0770. The summed E-state index contributed by atoms with van der Waals surface area (Å²) >= 11 is 5.53. The Morgan fingerprint density at radius 3 is 2.71 bits per heavy atom. The molecule has 0 amide bonds. The Bertz CT molecular complexity index is 492. The van der Waals surface area contributed by atoms with Gasteiger partial charge in [-0.05, 0) is 25.1 Å². The highest BCUT2D eigenvalue weighted by atomic mass is 35.5. The van der Waals surface area contributed by atoms with Crippen LogP contribution in [-0.2, 0) is 14.8 Å². The first-order chi connectivity index (χ1) is 7.86. The lowest BCUT2D eigenvalue weighted by molar-refractivity contribution is 0.180. The summed E-state index contributed by atoms with van der Waals surface area (Å²) in [5.74, 6) is -0.657. The Hall–Kier alpha value is -0.690. The maximum atomic E-state index is 12.9. The van der Waals surface area contributed by atoms with Crippen LogP contribution in [0.4, 0.5) is 4.39 Å². The fourth-order valence-corrected chi connectivity index (χ4v) is 2.76. The van der Waals surface area contributed by atoms with Crippen LogP contribution in [0.2, 0.25) is 5.02 Å². The summed E-state index contributed by atoms with van der Waals surface area (Å²) in [5, 5.41) is -0.229. The summed E-state index contributed by atoms with van der Waals surface area (Å²) < 4.78 is 43.8. The van der Waals surface area contributed by atoms with E-state index < -0.39 is 15.8 Å². The van der Waals surface area contributed by atoms with Crippen LogP contribution in [0.3, 0.4) is 0 Å². The highest BCUT2D eigenvalue weighted by molar-refractivity contribution is 7.89. The largest absolute Gasteiger partial charge is 0.383 e. The molecule has 17 heavy (non-hydrogen) atoms. The normalized spacial score (nSPS) is 13.6. The molecule has 0 heterocycles. The third-order valence-corrected chi connectivity index (χ3v) is 3.85. The molecule has 1 rings (SSSR count). The molecular formula is C10H13ClFNO3S. The van der Waals surface area contributed by atoms with Crippen LogP contribution in [0, 0.1) is 5.82 Å². The lowest BCUT2D eigenvalue weighted by Crippen LogP contribution is -2.35. The first-order valence-electron chi connectivity index (χ1n) is 4.83. The van der Waals surface area contributed by atoms with Gasteiger partial charge in [0.25, 0.3) is 0 Å². The van der Waals surface area contributed by atoms with Crippen LogP contribution in [0.25, 0.3) is 0 Å². The number of nitrogens with one attached hydrogen (secondary N) is 1. The second-order valence-electron chi connectivity index (χ2n) is 3.55. The van der Waals surface area contributed by atoms with E-state index >= 15 is 0 Å². The van der Waals surface area contributed by atoms with Crippen molar-refractivity contribution < 1.29 is 17.5 Å². The molecule has 0 saturated heterocycles. The molecule has 0 aliphatic rings. The van der Waals surface area contributed by atoms with Crippen LogP contribution < -0.4 is 4.72 Å². The highest BCUT2D eigenvalue weighted by Crippen LogP contribution is 2.19. The molecule has 0 aromatic heterocycles. The van der Waals surface area contributed by atoms with Crippen LogP contribution in [-0.4, -0.2) is 28.2 Å². The zero-order chi connectivity index (χ0) is 13.1. The zero-order valence-electron chi connectivity index (χ0n) is 9.41. The Morgan fingerprint density at radius 1 is 1.53 bits per heavy atom. The number of hydrogen-bond acceptors (Lipinski definition) is 3. The number of benzene rings is 1. The van der Waals surface area contributed by atoms with Crippen molar-refractivity contribution in [2.24, 2.45) is 0 Å². The molecule has 1 unspecified atom stereocenters. The van der Waals surface area contributed by atoms with Gasteiger partial charge < -0.3 is 4.74 Å². The van der Waals surface area contributed by atoms with Crippen LogP contribution in [0.1, 0.15) is 6.92 Å². The molecule has 0 aliphatic carbocycles. The molecule has 0 saturated carbocycles. The topological polar surface area (TPSA) is 55.4 Å². The van der Waals surface area contributed by atoms with Gasteiger partial charge in [-0.25, -0.2) is 17.5 Å². The predicted octanol–water partition coefficient (Wildman–Crippen LogP) is 1.79. The zero-order valence-corrected chi connectivity index (χ0v) is 11.0. The molecule has 1 N–H and O–H groups in total. The van der Waals surface area contributed by atoms with Crippen molar-refractivity contribution in [2.45, 2.75) is 17.9 Å². The third-order valence-electron chi connectivity index (χ3n) is 1.97. The number of methoxy groups -OCH3 is 1. The molecular weight excluding hydrogens is 269 g/mol. The molecule has 4 nitrogen and oxygen atoms in total. The van der Waals surface area contributed by atoms with Gasteiger partial charge in [-0.1, -0.05) is 11.6 Å². The SMILES string of the molecule is COCC(C)NS(=O)(=O)c1ccc(F)c(Cl)c1. The molecule has 0 aliphatic heterocycles. The summed E-state index contributed by atoms with van der Waals surface area (Å²) in [4.78, 5) is -0.0770. The quantitative estimate of drug-likeness (QED) is 0.895. The number of rotatable bonds is 5. The molecule has 7 heteroatoms. The van der Waals surface area contributed by atoms with Gasteiger partial charge in [0.15, 0.2) is 0 Å². The van der Waals surface area contributed by atoms with Crippen molar-refractivity contribution in [1.29, 1.82) is 0 Å². The van der Waals surface area contributed by atoms with Gasteiger partial charge in [-0.3, -0.25) is 0 Å². The monoisotopic (exact) mass is 281 g/mol. The first kappa shape index (κ1) is 14.4. The third kappa shape index (κ3) is 3.92. The van der Waals surface area contributed by atoms with E-state index in [4.69, 9.17) is 16.3 Å². The van der Waals surface area contributed by atoms with Gasteiger partial charge >= 0.3 is 0 Å². The fraction of sp³-hybridized carbons (Fsp3) is 0.400. The Labute approximate surface area is 105 Å². The molecule has 0 radical (unpaired) electrons. The summed E-state index contributed by atoms with van der Waals surface area (Å²) in [6, 6.07) is 2.86. The number of sulfonamides is 1. The van der Waals surface area contributed by atoms with Gasteiger partial charge in [0.2, 0.25) is 10.0 Å². The van der Waals surface area contributed by atoms with Crippen molar-refractivity contribution in [2.75, 3.05) is 13.7 Å². The molecule has 0 bridgehead atoms. The predicted molar refractivity (Wildman–Crippen MR) is 63.1 cm³/mol. The number of hydrogen-bond donors (Lipinski definition) is 1.